The number of methoxy groups -OCH3 is 1. The zero-order valence-corrected chi connectivity index (χ0v) is 17.2. The molecule has 152 valence electrons. The Morgan fingerprint density at radius 2 is 2.00 bits per heavy atom. The Labute approximate surface area is 175 Å². The molecule has 0 aliphatic heterocycles. The molecule has 3 heterocycles. The van der Waals surface area contributed by atoms with E-state index in [1.54, 1.807) is 43.5 Å². The maximum atomic E-state index is 13.7. The van der Waals surface area contributed by atoms with Gasteiger partial charge in [0.1, 0.15) is 10.7 Å². The molecule has 1 N–H and O–H groups in total. The number of hydrogen-bond acceptors (Lipinski definition) is 6. The van der Waals surface area contributed by atoms with Crippen molar-refractivity contribution in [3.63, 3.8) is 0 Å². The molecule has 0 atom stereocenters. The van der Waals surface area contributed by atoms with Crippen LogP contribution in [0.5, 0.6) is 0 Å². The molecule has 4 aromatic rings. The number of aromatic nitrogens is 3. The van der Waals surface area contributed by atoms with Gasteiger partial charge in [0.25, 0.3) is 5.91 Å². The number of ether oxygens (including phenoxy) is 1. The van der Waals surface area contributed by atoms with E-state index >= 15 is 0 Å². The number of thiophene rings is 1. The van der Waals surface area contributed by atoms with E-state index in [0.29, 0.717) is 44.2 Å². The minimum atomic E-state index is -0.522. The molecule has 0 fully saturated rings. The molecule has 30 heavy (non-hydrogen) atoms. The molecule has 0 spiro atoms. The van der Waals surface area contributed by atoms with Gasteiger partial charge in [-0.2, -0.15) is 5.10 Å². The number of carbonyl (C=O) groups is 2. The van der Waals surface area contributed by atoms with E-state index in [9.17, 15) is 14.0 Å². The average Bonchev–Trinajstić information content (AvgIpc) is 3.31. The smallest absolute Gasteiger partial charge is 0.350 e. The second-order valence-electron chi connectivity index (χ2n) is 6.60. The summed E-state index contributed by atoms with van der Waals surface area (Å²) in [5.41, 5.74) is 2.86. The van der Waals surface area contributed by atoms with Crippen molar-refractivity contribution >= 4 is 39.9 Å². The number of nitrogens with one attached hydrogen (secondary N) is 1. The topological polar surface area (TPSA) is 86.1 Å². The first-order valence-electron chi connectivity index (χ1n) is 8.99. The number of rotatable bonds is 4. The summed E-state index contributed by atoms with van der Waals surface area (Å²) in [4.78, 5) is 29.8. The number of carbonyl (C=O) groups excluding carboxylic acids is 2. The van der Waals surface area contributed by atoms with Gasteiger partial charge in [0.15, 0.2) is 5.65 Å². The van der Waals surface area contributed by atoms with E-state index < -0.39 is 17.7 Å². The number of nitrogens with zero attached hydrogens (tertiary/aromatic N) is 3. The highest BCUT2D eigenvalue weighted by Gasteiger charge is 2.22. The molecule has 7 nitrogen and oxygen atoms in total. The van der Waals surface area contributed by atoms with Crippen molar-refractivity contribution in [2.45, 2.75) is 13.8 Å². The number of amides is 1. The SMILES string of the molecule is COC(=O)c1sccc1NC(=O)c1cc(C)nc2c1c(C)nn2-c1cccc(F)c1. The van der Waals surface area contributed by atoms with Crippen molar-refractivity contribution in [2.75, 3.05) is 12.4 Å². The predicted molar refractivity (Wildman–Crippen MR) is 112 cm³/mol. The first-order chi connectivity index (χ1) is 14.4. The molecule has 0 saturated heterocycles. The Kier molecular flexibility index (Phi) is 5.04. The van der Waals surface area contributed by atoms with Gasteiger partial charge in [0.05, 0.1) is 35.1 Å². The van der Waals surface area contributed by atoms with Crippen LogP contribution in [0, 0.1) is 19.7 Å². The number of halogens is 1. The fourth-order valence-electron chi connectivity index (χ4n) is 3.23. The van der Waals surface area contributed by atoms with Gasteiger partial charge in [-0.05, 0) is 49.6 Å². The Morgan fingerprint density at radius 1 is 1.20 bits per heavy atom. The number of anilines is 1. The first kappa shape index (κ1) is 19.7. The van der Waals surface area contributed by atoms with Gasteiger partial charge in [-0.1, -0.05) is 6.07 Å². The monoisotopic (exact) mass is 424 g/mol. The second-order valence-corrected chi connectivity index (χ2v) is 7.51. The van der Waals surface area contributed by atoms with Crippen LogP contribution in [0.4, 0.5) is 10.1 Å². The van der Waals surface area contributed by atoms with E-state index in [2.05, 4.69) is 15.4 Å². The van der Waals surface area contributed by atoms with Crippen molar-refractivity contribution in [2.24, 2.45) is 0 Å². The van der Waals surface area contributed by atoms with Crippen molar-refractivity contribution in [1.29, 1.82) is 0 Å². The summed E-state index contributed by atoms with van der Waals surface area (Å²) in [6.45, 7) is 3.52. The summed E-state index contributed by atoms with van der Waals surface area (Å²) in [7, 11) is 1.29. The molecule has 0 aliphatic carbocycles. The molecule has 0 aliphatic rings. The van der Waals surface area contributed by atoms with Crippen LogP contribution >= 0.6 is 11.3 Å². The summed E-state index contributed by atoms with van der Waals surface area (Å²) in [6, 6.07) is 9.30. The Hall–Kier alpha value is -3.59. The lowest BCUT2D eigenvalue weighted by Gasteiger charge is -2.09. The van der Waals surface area contributed by atoms with E-state index in [4.69, 9.17) is 4.74 Å². The van der Waals surface area contributed by atoms with Crippen LogP contribution < -0.4 is 5.32 Å². The molecule has 3 aromatic heterocycles. The normalized spacial score (nSPS) is 10.9. The fourth-order valence-corrected chi connectivity index (χ4v) is 3.99. The Balaban J connectivity index is 1.81. The van der Waals surface area contributed by atoms with Crippen molar-refractivity contribution < 1.29 is 18.7 Å². The van der Waals surface area contributed by atoms with Gasteiger partial charge in [-0.3, -0.25) is 4.79 Å². The van der Waals surface area contributed by atoms with Gasteiger partial charge >= 0.3 is 5.97 Å². The van der Waals surface area contributed by atoms with Crippen molar-refractivity contribution in [1.82, 2.24) is 14.8 Å². The van der Waals surface area contributed by atoms with Crippen LogP contribution in [-0.2, 0) is 4.74 Å². The van der Waals surface area contributed by atoms with E-state index in [1.807, 2.05) is 0 Å². The van der Waals surface area contributed by atoms with Crippen LogP contribution in [0.25, 0.3) is 16.7 Å². The van der Waals surface area contributed by atoms with E-state index in [1.165, 1.54) is 35.3 Å². The first-order valence-corrected chi connectivity index (χ1v) is 9.87. The lowest BCUT2D eigenvalue weighted by atomic mass is 10.1. The fraction of sp³-hybridized carbons (Fsp3) is 0.143. The van der Waals surface area contributed by atoms with Crippen molar-refractivity contribution in [3.05, 3.63) is 69.4 Å². The number of pyridine rings is 1. The largest absolute Gasteiger partial charge is 0.465 e. The van der Waals surface area contributed by atoms with Gasteiger partial charge in [0, 0.05) is 5.69 Å². The van der Waals surface area contributed by atoms with Gasteiger partial charge in [-0.25, -0.2) is 18.9 Å². The third-order valence-corrected chi connectivity index (χ3v) is 5.42. The number of hydrogen-bond donors (Lipinski definition) is 1. The zero-order valence-electron chi connectivity index (χ0n) is 16.4. The highest BCUT2D eigenvalue weighted by molar-refractivity contribution is 7.12. The minimum absolute atomic E-state index is 0.306. The summed E-state index contributed by atoms with van der Waals surface area (Å²) in [6.07, 6.45) is 0. The maximum absolute atomic E-state index is 13.7. The standard InChI is InChI=1S/C21H17FN4O3S/c1-11-9-15(20(27)24-16-7-8-30-18(16)21(28)29-3)17-12(2)25-26(19(17)23-11)14-6-4-5-13(22)10-14/h4-10H,1-3H3,(H,24,27). The number of fused-ring (bicyclic) bond motifs is 1. The van der Waals surface area contributed by atoms with Crippen LogP contribution in [0.15, 0.2) is 41.8 Å². The lowest BCUT2D eigenvalue weighted by Crippen LogP contribution is -2.15. The zero-order chi connectivity index (χ0) is 21.4. The van der Waals surface area contributed by atoms with Crippen LogP contribution in [0.3, 0.4) is 0 Å². The minimum Gasteiger partial charge on any atom is -0.465 e. The molecule has 0 saturated carbocycles. The van der Waals surface area contributed by atoms with E-state index in [-0.39, 0.29) is 0 Å². The summed E-state index contributed by atoms with van der Waals surface area (Å²) in [5.74, 6) is -1.32. The second kappa shape index (κ2) is 7.68. The Morgan fingerprint density at radius 3 is 2.73 bits per heavy atom. The number of esters is 1. The molecule has 0 bridgehead atoms. The molecular formula is C21H17FN4O3S. The predicted octanol–water partition coefficient (Wildman–Crippen LogP) is 4.28. The van der Waals surface area contributed by atoms with E-state index in [0.717, 1.165) is 0 Å². The van der Waals surface area contributed by atoms with Crippen LogP contribution in [0.1, 0.15) is 31.4 Å². The number of benzene rings is 1. The van der Waals surface area contributed by atoms with Gasteiger partial charge < -0.3 is 10.1 Å². The molecule has 9 heteroatoms. The third kappa shape index (κ3) is 3.43. The summed E-state index contributed by atoms with van der Waals surface area (Å²) >= 11 is 1.18. The molecular weight excluding hydrogens is 407 g/mol. The molecule has 0 radical (unpaired) electrons. The molecule has 1 aromatic carbocycles. The number of aryl methyl sites for hydroxylation is 2. The Bertz CT molecular complexity index is 1290. The average molecular weight is 424 g/mol. The van der Waals surface area contributed by atoms with Crippen LogP contribution in [0.2, 0.25) is 0 Å². The third-order valence-electron chi connectivity index (χ3n) is 4.52. The highest BCUT2D eigenvalue weighted by Crippen LogP contribution is 2.28. The summed E-state index contributed by atoms with van der Waals surface area (Å²) < 4.78 is 20.0. The summed E-state index contributed by atoms with van der Waals surface area (Å²) in [5, 5.41) is 9.50. The van der Waals surface area contributed by atoms with Crippen molar-refractivity contribution in [3.8, 4) is 5.69 Å². The quantitative estimate of drug-likeness (QED) is 0.494. The highest BCUT2D eigenvalue weighted by atomic mass is 32.1. The maximum Gasteiger partial charge on any atom is 0.350 e. The van der Waals surface area contributed by atoms with Gasteiger partial charge in [-0.15, -0.1) is 11.3 Å². The van der Waals surface area contributed by atoms with Gasteiger partial charge in [0.2, 0.25) is 0 Å². The van der Waals surface area contributed by atoms with Crippen LogP contribution in [-0.4, -0.2) is 33.8 Å². The molecule has 1 amide bonds. The molecule has 0 unspecified atom stereocenters. The lowest BCUT2D eigenvalue weighted by molar-refractivity contribution is 0.0607. The molecule has 4 rings (SSSR count).